The van der Waals surface area contributed by atoms with E-state index in [-0.39, 0.29) is 11.8 Å². The van der Waals surface area contributed by atoms with E-state index in [0.717, 1.165) is 0 Å². The summed E-state index contributed by atoms with van der Waals surface area (Å²) in [6, 6.07) is -0.655. The van der Waals surface area contributed by atoms with Gasteiger partial charge in [0, 0.05) is 0 Å². The lowest BCUT2D eigenvalue weighted by Gasteiger charge is -2.30. The highest BCUT2D eigenvalue weighted by Crippen LogP contribution is 2.12. The Hall–Kier alpha value is -1.06. The summed E-state index contributed by atoms with van der Waals surface area (Å²) in [5, 5.41) is 10.6. The van der Waals surface area contributed by atoms with Crippen LogP contribution in [0.3, 0.4) is 0 Å². The lowest BCUT2D eigenvalue weighted by molar-refractivity contribution is -0.152. The second-order valence-corrected chi connectivity index (χ2v) is 2.11. The second kappa shape index (κ2) is 1.72. The van der Waals surface area contributed by atoms with Gasteiger partial charge in [-0.2, -0.15) is 0 Å². The van der Waals surface area contributed by atoms with Crippen LogP contribution in [0.25, 0.3) is 0 Å². The van der Waals surface area contributed by atoms with Gasteiger partial charge in [-0.3, -0.25) is 4.79 Å². The molecule has 0 radical (unpaired) electrons. The van der Waals surface area contributed by atoms with E-state index in [0.29, 0.717) is 0 Å². The molecule has 2 N–H and O–H groups in total. The van der Waals surface area contributed by atoms with Gasteiger partial charge in [0.25, 0.3) is 0 Å². The maximum Gasteiger partial charge on any atom is 0.327 e. The number of aliphatic carboxylic acids is 1. The number of nitrogens with one attached hydrogen (secondary N) is 1. The zero-order valence-corrected chi connectivity index (χ0v) is 4.92. The van der Waals surface area contributed by atoms with Crippen LogP contribution in [0.15, 0.2) is 0 Å². The van der Waals surface area contributed by atoms with E-state index in [1.54, 1.807) is 6.92 Å². The smallest absolute Gasteiger partial charge is 0.327 e. The molecule has 1 saturated heterocycles. The van der Waals surface area contributed by atoms with E-state index in [9.17, 15) is 9.59 Å². The topological polar surface area (TPSA) is 66.4 Å². The van der Waals surface area contributed by atoms with Crippen LogP contribution in [0.4, 0.5) is 0 Å². The first-order valence-electron chi connectivity index (χ1n) is 2.66. The van der Waals surface area contributed by atoms with E-state index < -0.39 is 12.0 Å². The van der Waals surface area contributed by atoms with Crippen molar-refractivity contribution in [3.63, 3.8) is 0 Å². The molecule has 1 aliphatic heterocycles. The maximum atomic E-state index is 10.4. The fourth-order valence-corrected chi connectivity index (χ4v) is 0.740. The zero-order chi connectivity index (χ0) is 7.02. The van der Waals surface area contributed by atoms with Crippen molar-refractivity contribution in [3.05, 3.63) is 0 Å². The van der Waals surface area contributed by atoms with Gasteiger partial charge in [0.1, 0.15) is 6.04 Å². The average Bonchev–Trinajstić information content (AvgIpc) is 1.81. The first-order valence-corrected chi connectivity index (χ1v) is 2.66. The Kier molecular flexibility index (Phi) is 1.16. The largest absolute Gasteiger partial charge is 0.480 e. The highest BCUT2D eigenvalue weighted by Gasteiger charge is 2.40. The van der Waals surface area contributed by atoms with E-state index in [1.807, 2.05) is 0 Å². The summed E-state index contributed by atoms with van der Waals surface area (Å²) in [5.41, 5.74) is 0. The number of carboxylic acid groups (broad SMARTS) is 1. The fraction of sp³-hybridized carbons (Fsp3) is 0.600. The molecule has 0 aromatic heterocycles. The van der Waals surface area contributed by atoms with Gasteiger partial charge in [0.2, 0.25) is 5.91 Å². The number of β-lactam (4-membered cyclic amide) rings is 1. The van der Waals surface area contributed by atoms with Gasteiger partial charge in [-0.1, -0.05) is 6.92 Å². The summed E-state index contributed by atoms with van der Waals surface area (Å²) in [6.45, 7) is 1.59. The summed E-state index contributed by atoms with van der Waals surface area (Å²) in [7, 11) is 0. The number of carbonyl (C=O) groups is 2. The Morgan fingerprint density at radius 1 is 1.78 bits per heavy atom. The van der Waals surface area contributed by atoms with E-state index in [2.05, 4.69) is 5.32 Å². The molecule has 50 valence electrons. The van der Waals surface area contributed by atoms with Crippen molar-refractivity contribution in [2.75, 3.05) is 0 Å². The molecule has 1 rings (SSSR count). The van der Waals surface area contributed by atoms with Crippen LogP contribution >= 0.6 is 0 Å². The van der Waals surface area contributed by atoms with Gasteiger partial charge in [-0.05, 0) is 0 Å². The molecule has 0 aromatic rings. The van der Waals surface area contributed by atoms with Gasteiger partial charge >= 0.3 is 5.97 Å². The molecule has 1 aliphatic rings. The number of rotatable bonds is 1. The Bertz CT molecular complexity index is 166. The Morgan fingerprint density at radius 2 is 2.33 bits per heavy atom. The Balaban J connectivity index is 2.51. The minimum Gasteiger partial charge on any atom is -0.480 e. The van der Waals surface area contributed by atoms with Crippen molar-refractivity contribution in [3.8, 4) is 0 Å². The first kappa shape index (κ1) is 6.07. The lowest BCUT2D eigenvalue weighted by atomic mass is 9.93. The van der Waals surface area contributed by atoms with Crippen LogP contribution in [-0.2, 0) is 9.59 Å². The summed E-state index contributed by atoms with van der Waals surface area (Å²) in [5.74, 6) is -1.49. The Morgan fingerprint density at radius 3 is 2.44 bits per heavy atom. The molecule has 0 spiro atoms. The molecule has 1 amide bonds. The second-order valence-electron chi connectivity index (χ2n) is 2.11. The normalized spacial score (nSPS) is 32.8. The molecular formula is C5H7NO3. The minimum atomic E-state index is -0.956. The molecule has 2 unspecified atom stereocenters. The van der Waals surface area contributed by atoms with Crippen molar-refractivity contribution >= 4 is 11.9 Å². The van der Waals surface area contributed by atoms with Crippen molar-refractivity contribution in [2.24, 2.45) is 5.92 Å². The number of hydrogen-bond acceptors (Lipinski definition) is 2. The quantitative estimate of drug-likeness (QED) is 0.456. The molecule has 0 aliphatic carbocycles. The van der Waals surface area contributed by atoms with Crippen molar-refractivity contribution < 1.29 is 14.7 Å². The molecule has 0 saturated carbocycles. The number of hydrogen-bond donors (Lipinski definition) is 2. The molecule has 2 atom stereocenters. The highest BCUT2D eigenvalue weighted by atomic mass is 16.4. The van der Waals surface area contributed by atoms with E-state index >= 15 is 0 Å². The van der Waals surface area contributed by atoms with Crippen molar-refractivity contribution in [1.82, 2.24) is 5.32 Å². The number of carboxylic acids is 1. The molecule has 1 fully saturated rings. The number of carbonyl (C=O) groups excluding carboxylic acids is 1. The van der Waals surface area contributed by atoms with Gasteiger partial charge in [-0.25, -0.2) is 4.79 Å². The summed E-state index contributed by atoms with van der Waals surface area (Å²) < 4.78 is 0. The van der Waals surface area contributed by atoms with Crippen LogP contribution < -0.4 is 5.32 Å². The van der Waals surface area contributed by atoms with Crippen LogP contribution in [0.2, 0.25) is 0 Å². The van der Waals surface area contributed by atoms with Gasteiger partial charge in [0.05, 0.1) is 5.92 Å². The third kappa shape index (κ3) is 0.759. The summed E-state index contributed by atoms with van der Waals surface area (Å²) >= 11 is 0. The fourth-order valence-electron chi connectivity index (χ4n) is 0.740. The van der Waals surface area contributed by atoms with Gasteiger partial charge in [-0.15, -0.1) is 0 Å². The molecule has 9 heavy (non-hydrogen) atoms. The number of amides is 1. The highest BCUT2D eigenvalue weighted by molar-refractivity contribution is 5.96. The van der Waals surface area contributed by atoms with Crippen molar-refractivity contribution in [2.45, 2.75) is 13.0 Å². The van der Waals surface area contributed by atoms with Crippen LogP contribution in [0.5, 0.6) is 0 Å². The summed E-state index contributed by atoms with van der Waals surface area (Å²) in [6.07, 6.45) is 0. The monoisotopic (exact) mass is 129 g/mol. The molecule has 4 heteroatoms. The van der Waals surface area contributed by atoms with Crippen molar-refractivity contribution in [1.29, 1.82) is 0 Å². The molecule has 1 heterocycles. The van der Waals surface area contributed by atoms with Crippen LogP contribution in [0.1, 0.15) is 6.92 Å². The predicted octanol–water partition coefficient (Wildman–Crippen LogP) is -0.794. The van der Waals surface area contributed by atoms with E-state index in [1.165, 1.54) is 0 Å². The molecular weight excluding hydrogens is 122 g/mol. The lowest BCUT2D eigenvalue weighted by Crippen LogP contribution is -2.60. The van der Waals surface area contributed by atoms with Crippen LogP contribution in [0, 0.1) is 5.92 Å². The average molecular weight is 129 g/mol. The maximum absolute atomic E-state index is 10.4. The summed E-state index contributed by atoms with van der Waals surface area (Å²) in [4.78, 5) is 20.5. The predicted molar refractivity (Wildman–Crippen MR) is 28.7 cm³/mol. The first-order chi connectivity index (χ1) is 4.13. The SMILES string of the molecule is CC1C(=O)NC1C(=O)O. The Labute approximate surface area is 51.9 Å². The molecule has 0 bridgehead atoms. The molecule has 0 aromatic carbocycles. The minimum absolute atomic E-state index is 0.178. The third-order valence-corrected chi connectivity index (χ3v) is 1.48. The van der Waals surface area contributed by atoms with Gasteiger partial charge < -0.3 is 10.4 Å². The van der Waals surface area contributed by atoms with Crippen LogP contribution in [-0.4, -0.2) is 23.0 Å². The molecule has 4 nitrogen and oxygen atoms in total. The van der Waals surface area contributed by atoms with E-state index in [4.69, 9.17) is 5.11 Å². The van der Waals surface area contributed by atoms with Gasteiger partial charge in [0.15, 0.2) is 0 Å². The zero-order valence-electron chi connectivity index (χ0n) is 4.92. The third-order valence-electron chi connectivity index (χ3n) is 1.48. The standard InChI is InChI=1S/C5H7NO3/c1-2-3(5(8)9)6-4(2)7/h2-3H,1H3,(H,6,7)(H,8,9).